The van der Waals surface area contributed by atoms with Gasteiger partial charge in [-0.05, 0) is 43.2 Å². The third-order valence-corrected chi connectivity index (χ3v) is 5.43. The van der Waals surface area contributed by atoms with Gasteiger partial charge in [-0.1, -0.05) is 18.6 Å². The van der Waals surface area contributed by atoms with E-state index in [1.165, 1.54) is 19.3 Å². The van der Waals surface area contributed by atoms with Gasteiger partial charge in [-0.15, -0.1) is 0 Å². The predicted molar refractivity (Wildman–Crippen MR) is 82.9 cm³/mol. The number of amides is 1. The zero-order chi connectivity index (χ0) is 14.6. The van der Waals surface area contributed by atoms with Gasteiger partial charge in [0.05, 0.1) is 6.04 Å². The molecule has 1 aromatic rings. The van der Waals surface area contributed by atoms with E-state index in [1.807, 2.05) is 11.8 Å². The number of aromatic hydroxyl groups is 1. The third-order valence-electron chi connectivity index (χ3n) is 4.01. The zero-order valence-electron chi connectivity index (χ0n) is 11.8. The van der Waals surface area contributed by atoms with Gasteiger partial charge in [-0.3, -0.25) is 4.79 Å². The van der Waals surface area contributed by atoms with Crippen molar-refractivity contribution < 1.29 is 9.90 Å². The number of benzene rings is 1. The first-order chi connectivity index (χ1) is 9.54. The summed E-state index contributed by atoms with van der Waals surface area (Å²) >= 11 is 1.83. The van der Waals surface area contributed by atoms with Gasteiger partial charge in [0.1, 0.15) is 5.75 Å². The number of nitrogens with two attached hydrogens (primary N) is 1. The van der Waals surface area contributed by atoms with Crippen LogP contribution in [0.15, 0.2) is 24.3 Å². The standard InChI is InChI=1S/C15H22N2O2S/c1-20-15(7-2-8-15)10-17-14(19)13(16)9-11-3-5-12(18)6-4-11/h3-6,13,18H,2,7-10,16H2,1H3,(H,17,19)/t13-/m0/s1. The molecule has 5 heteroatoms. The molecular formula is C15H22N2O2S. The average molecular weight is 294 g/mol. The summed E-state index contributed by atoms with van der Waals surface area (Å²) in [4.78, 5) is 12.0. The minimum absolute atomic E-state index is 0.0987. The van der Waals surface area contributed by atoms with Gasteiger partial charge in [0.25, 0.3) is 0 Å². The Balaban J connectivity index is 1.81. The summed E-state index contributed by atoms with van der Waals surface area (Å²) in [6, 6.07) is 6.25. The molecule has 0 aromatic heterocycles. The maximum Gasteiger partial charge on any atom is 0.237 e. The summed E-state index contributed by atoms with van der Waals surface area (Å²) in [6.07, 6.45) is 6.17. The Morgan fingerprint density at radius 1 is 1.45 bits per heavy atom. The fourth-order valence-corrected chi connectivity index (χ4v) is 3.30. The van der Waals surface area contributed by atoms with Crippen molar-refractivity contribution in [1.82, 2.24) is 5.32 Å². The fraction of sp³-hybridized carbons (Fsp3) is 0.533. The van der Waals surface area contributed by atoms with Crippen molar-refractivity contribution in [2.75, 3.05) is 12.8 Å². The topological polar surface area (TPSA) is 75.4 Å². The van der Waals surface area contributed by atoms with Crippen LogP contribution in [0.4, 0.5) is 0 Å². The van der Waals surface area contributed by atoms with E-state index in [1.54, 1.807) is 24.3 Å². The van der Waals surface area contributed by atoms with E-state index in [0.717, 1.165) is 5.56 Å². The summed E-state index contributed by atoms with van der Waals surface area (Å²) < 4.78 is 0.230. The molecule has 1 fully saturated rings. The van der Waals surface area contributed by atoms with Crippen LogP contribution in [0.1, 0.15) is 24.8 Å². The lowest BCUT2D eigenvalue weighted by atomic mass is 9.84. The number of carbonyl (C=O) groups excluding carboxylic acids is 1. The molecule has 0 unspecified atom stereocenters. The Labute approximate surface area is 124 Å². The normalized spacial score (nSPS) is 18.1. The van der Waals surface area contributed by atoms with E-state index >= 15 is 0 Å². The van der Waals surface area contributed by atoms with Crippen molar-refractivity contribution in [2.24, 2.45) is 5.73 Å². The molecule has 1 amide bonds. The molecule has 110 valence electrons. The van der Waals surface area contributed by atoms with Crippen molar-refractivity contribution >= 4 is 17.7 Å². The van der Waals surface area contributed by atoms with Crippen LogP contribution in [-0.2, 0) is 11.2 Å². The number of carbonyl (C=O) groups is 1. The molecule has 4 N–H and O–H groups in total. The Bertz CT molecular complexity index is 452. The van der Waals surface area contributed by atoms with Crippen LogP contribution in [0.3, 0.4) is 0 Å². The van der Waals surface area contributed by atoms with Crippen LogP contribution in [0.5, 0.6) is 5.75 Å². The van der Waals surface area contributed by atoms with Crippen LogP contribution in [0.25, 0.3) is 0 Å². The second-order valence-electron chi connectivity index (χ2n) is 5.44. The monoisotopic (exact) mass is 294 g/mol. The SMILES string of the molecule is CSC1(CNC(=O)[C@@H](N)Cc2ccc(O)cc2)CCC1. The van der Waals surface area contributed by atoms with Gasteiger partial charge in [-0.2, -0.15) is 11.8 Å². The smallest absolute Gasteiger partial charge is 0.237 e. The highest BCUT2D eigenvalue weighted by atomic mass is 32.2. The number of rotatable bonds is 6. The molecule has 4 nitrogen and oxygen atoms in total. The molecular weight excluding hydrogens is 272 g/mol. The molecule has 2 rings (SSSR count). The minimum Gasteiger partial charge on any atom is -0.508 e. The van der Waals surface area contributed by atoms with Crippen LogP contribution in [0, 0.1) is 0 Å². The lowest BCUT2D eigenvalue weighted by molar-refractivity contribution is -0.122. The van der Waals surface area contributed by atoms with Gasteiger partial charge in [0.15, 0.2) is 0 Å². The van der Waals surface area contributed by atoms with Gasteiger partial charge in [0, 0.05) is 11.3 Å². The maximum absolute atomic E-state index is 12.0. The number of phenolic OH excluding ortho intramolecular Hbond substituents is 1. The Kier molecular flexibility index (Phi) is 4.94. The molecule has 1 aliphatic rings. The quantitative estimate of drug-likeness (QED) is 0.746. The Hall–Kier alpha value is -1.20. The van der Waals surface area contributed by atoms with E-state index in [-0.39, 0.29) is 16.4 Å². The predicted octanol–water partition coefficient (Wildman–Crippen LogP) is 1.66. The van der Waals surface area contributed by atoms with Gasteiger partial charge < -0.3 is 16.2 Å². The first kappa shape index (κ1) is 15.2. The highest BCUT2D eigenvalue weighted by Crippen LogP contribution is 2.42. The molecule has 1 aliphatic carbocycles. The lowest BCUT2D eigenvalue weighted by Crippen LogP contribution is -2.50. The molecule has 0 bridgehead atoms. The lowest BCUT2D eigenvalue weighted by Gasteiger charge is -2.40. The molecule has 20 heavy (non-hydrogen) atoms. The number of hydrogen-bond donors (Lipinski definition) is 3. The summed E-state index contributed by atoms with van der Waals surface area (Å²) in [7, 11) is 0. The van der Waals surface area contributed by atoms with Gasteiger partial charge in [0.2, 0.25) is 5.91 Å². The van der Waals surface area contributed by atoms with Crippen molar-refractivity contribution in [2.45, 2.75) is 36.5 Å². The molecule has 0 heterocycles. The van der Waals surface area contributed by atoms with E-state index < -0.39 is 6.04 Å². The number of thioether (sulfide) groups is 1. The second-order valence-corrected chi connectivity index (χ2v) is 6.71. The van der Waals surface area contributed by atoms with Crippen molar-refractivity contribution in [3.8, 4) is 5.75 Å². The van der Waals surface area contributed by atoms with E-state index in [2.05, 4.69) is 11.6 Å². The second kappa shape index (κ2) is 6.50. The summed E-state index contributed by atoms with van der Waals surface area (Å²) in [5.74, 6) is 0.122. The summed E-state index contributed by atoms with van der Waals surface area (Å²) in [5.41, 5.74) is 6.89. The number of hydrogen-bond acceptors (Lipinski definition) is 4. The number of phenols is 1. The fourth-order valence-electron chi connectivity index (χ4n) is 2.38. The molecule has 1 aromatic carbocycles. The van der Waals surface area contributed by atoms with Crippen molar-refractivity contribution in [3.05, 3.63) is 29.8 Å². The van der Waals surface area contributed by atoms with Crippen LogP contribution in [-0.4, -0.2) is 34.6 Å². The molecule has 1 saturated carbocycles. The minimum atomic E-state index is -0.543. The molecule has 0 radical (unpaired) electrons. The van der Waals surface area contributed by atoms with Crippen molar-refractivity contribution in [1.29, 1.82) is 0 Å². The zero-order valence-corrected chi connectivity index (χ0v) is 12.6. The largest absolute Gasteiger partial charge is 0.508 e. The number of nitrogens with one attached hydrogen (secondary N) is 1. The summed E-state index contributed by atoms with van der Waals surface area (Å²) in [5, 5.41) is 12.2. The highest BCUT2D eigenvalue weighted by Gasteiger charge is 2.36. The van der Waals surface area contributed by atoms with Crippen LogP contribution in [0.2, 0.25) is 0 Å². The van der Waals surface area contributed by atoms with Crippen LogP contribution >= 0.6 is 11.8 Å². The average Bonchev–Trinajstić information content (AvgIpc) is 2.40. The Morgan fingerprint density at radius 2 is 2.10 bits per heavy atom. The summed E-state index contributed by atoms with van der Waals surface area (Å²) in [6.45, 7) is 0.705. The first-order valence-corrected chi connectivity index (χ1v) is 8.13. The molecule has 0 spiro atoms. The highest BCUT2D eigenvalue weighted by molar-refractivity contribution is 8.00. The molecule has 0 aliphatic heterocycles. The maximum atomic E-state index is 12.0. The molecule has 0 saturated heterocycles. The Morgan fingerprint density at radius 3 is 2.60 bits per heavy atom. The van der Waals surface area contributed by atoms with E-state index in [4.69, 9.17) is 5.73 Å². The van der Waals surface area contributed by atoms with E-state index in [9.17, 15) is 9.90 Å². The van der Waals surface area contributed by atoms with Crippen molar-refractivity contribution in [3.63, 3.8) is 0 Å². The first-order valence-electron chi connectivity index (χ1n) is 6.91. The molecule has 1 atom stereocenters. The van der Waals surface area contributed by atoms with Gasteiger partial charge in [-0.25, -0.2) is 0 Å². The van der Waals surface area contributed by atoms with Gasteiger partial charge >= 0.3 is 0 Å². The van der Waals surface area contributed by atoms with E-state index in [0.29, 0.717) is 13.0 Å². The van der Waals surface area contributed by atoms with Crippen LogP contribution < -0.4 is 11.1 Å². The third kappa shape index (κ3) is 3.67.